The Morgan fingerprint density at radius 2 is 1.83 bits per heavy atom. The van der Waals surface area contributed by atoms with Crippen molar-refractivity contribution in [2.45, 2.75) is 38.6 Å². The fourth-order valence-electron chi connectivity index (χ4n) is 4.35. The van der Waals surface area contributed by atoms with Gasteiger partial charge in [0, 0.05) is 30.1 Å². The molecule has 0 aliphatic carbocycles. The zero-order chi connectivity index (χ0) is 20.3. The van der Waals surface area contributed by atoms with Crippen LogP contribution in [0, 0.1) is 0 Å². The minimum absolute atomic E-state index is 0.702. The van der Waals surface area contributed by atoms with Gasteiger partial charge in [0.05, 0.1) is 5.52 Å². The molecule has 30 heavy (non-hydrogen) atoms. The van der Waals surface area contributed by atoms with Gasteiger partial charge in [0.1, 0.15) is 0 Å². The standard InChI is InChI=1S/C24H28N6/c1-18-10-7-8-16-29(18)17-9-15-25-24-26-21-14-6-5-13-20(21)23-27-22(28-30(23)24)19-11-3-2-4-12-19/h2-6,11-14,18H,7-10,15-17H2,1H3,(H,25,26)/t18-/m0/s1. The molecule has 0 radical (unpaired) electrons. The fourth-order valence-corrected chi connectivity index (χ4v) is 4.35. The number of likely N-dealkylation sites (tertiary alicyclic amines) is 1. The Balaban J connectivity index is 1.41. The van der Waals surface area contributed by atoms with Crippen LogP contribution in [0.3, 0.4) is 0 Å². The van der Waals surface area contributed by atoms with Crippen molar-refractivity contribution in [2.24, 2.45) is 0 Å². The second-order valence-corrected chi connectivity index (χ2v) is 8.15. The number of nitrogens with zero attached hydrogens (tertiary/aromatic N) is 5. The van der Waals surface area contributed by atoms with Crippen molar-refractivity contribution in [3.05, 3.63) is 54.6 Å². The molecule has 1 aliphatic heterocycles. The molecule has 154 valence electrons. The molecule has 0 bridgehead atoms. The van der Waals surface area contributed by atoms with Gasteiger partial charge in [0.15, 0.2) is 11.5 Å². The lowest BCUT2D eigenvalue weighted by Gasteiger charge is -2.33. The van der Waals surface area contributed by atoms with E-state index >= 15 is 0 Å². The zero-order valence-corrected chi connectivity index (χ0v) is 17.5. The number of piperidine rings is 1. The average molecular weight is 401 g/mol. The predicted molar refractivity (Wildman–Crippen MR) is 122 cm³/mol. The number of hydrogen-bond donors (Lipinski definition) is 1. The first-order valence-corrected chi connectivity index (χ1v) is 11.0. The van der Waals surface area contributed by atoms with E-state index in [1.165, 1.54) is 25.8 Å². The molecule has 0 unspecified atom stereocenters. The van der Waals surface area contributed by atoms with Crippen LogP contribution in [0.4, 0.5) is 5.95 Å². The number of para-hydroxylation sites is 1. The summed E-state index contributed by atoms with van der Waals surface area (Å²) in [5.74, 6) is 1.48. The third-order valence-corrected chi connectivity index (χ3v) is 6.06. The van der Waals surface area contributed by atoms with Crippen LogP contribution in [0.25, 0.3) is 27.9 Å². The molecule has 4 aromatic rings. The monoisotopic (exact) mass is 400 g/mol. The van der Waals surface area contributed by atoms with Gasteiger partial charge in [0.25, 0.3) is 0 Å². The van der Waals surface area contributed by atoms with Crippen molar-refractivity contribution >= 4 is 22.5 Å². The molecule has 1 saturated heterocycles. The summed E-state index contributed by atoms with van der Waals surface area (Å²) in [7, 11) is 0. The van der Waals surface area contributed by atoms with E-state index in [2.05, 4.69) is 23.2 Å². The largest absolute Gasteiger partial charge is 0.354 e. The summed E-state index contributed by atoms with van der Waals surface area (Å²) in [5.41, 5.74) is 2.78. The first-order chi connectivity index (χ1) is 14.8. The van der Waals surface area contributed by atoms with E-state index in [-0.39, 0.29) is 0 Å². The zero-order valence-electron chi connectivity index (χ0n) is 17.5. The molecule has 1 atom stereocenters. The summed E-state index contributed by atoms with van der Waals surface area (Å²) in [6.45, 7) is 5.56. The molecule has 3 heterocycles. The summed E-state index contributed by atoms with van der Waals surface area (Å²) in [4.78, 5) is 12.3. The van der Waals surface area contributed by atoms with Gasteiger partial charge in [-0.1, -0.05) is 48.9 Å². The highest BCUT2D eigenvalue weighted by Crippen LogP contribution is 2.24. The lowest BCUT2D eigenvalue weighted by Crippen LogP contribution is -2.38. The van der Waals surface area contributed by atoms with Gasteiger partial charge >= 0.3 is 0 Å². The topological polar surface area (TPSA) is 58.3 Å². The molecule has 0 amide bonds. The molecule has 2 aromatic heterocycles. The maximum absolute atomic E-state index is 4.85. The summed E-state index contributed by atoms with van der Waals surface area (Å²) in [6.07, 6.45) is 5.10. The van der Waals surface area contributed by atoms with Crippen LogP contribution in [0.5, 0.6) is 0 Å². The van der Waals surface area contributed by atoms with E-state index in [4.69, 9.17) is 15.1 Å². The average Bonchev–Trinajstić information content (AvgIpc) is 3.24. The molecule has 0 spiro atoms. The Labute approximate surface area is 177 Å². The molecule has 1 fully saturated rings. The van der Waals surface area contributed by atoms with Crippen LogP contribution in [-0.4, -0.2) is 50.2 Å². The molecular weight excluding hydrogens is 372 g/mol. The summed E-state index contributed by atoms with van der Waals surface area (Å²) >= 11 is 0. The predicted octanol–water partition coefficient (Wildman–Crippen LogP) is 4.62. The second kappa shape index (κ2) is 8.40. The number of nitrogens with one attached hydrogen (secondary N) is 1. The summed E-state index contributed by atoms with van der Waals surface area (Å²) in [6, 6.07) is 18.9. The van der Waals surface area contributed by atoms with Crippen LogP contribution in [0.15, 0.2) is 54.6 Å². The third kappa shape index (κ3) is 3.75. The van der Waals surface area contributed by atoms with Gasteiger partial charge in [-0.25, -0.2) is 9.97 Å². The smallest absolute Gasteiger partial charge is 0.226 e. The molecule has 2 aromatic carbocycles. The maximum atomic E-state index is 4.85. The van der Waals surface area contributed by atoms with Gasteiger partial charge in [-0.05, 0) is 44.9 Å². The number of anilines is 1. The number of hydrogen-bond acceptors (Lipinski definition) is 5. The van der Waals surface area contributed by atoms with E-state index in [0.29, 0.717) is 6.04 Å². The number of aromatic nitrogens is 4. The number of benzene rings is 2. The van der Waals surface area contributed by atoms with E-state index in [1.54, 1.807) is 0 Å². The minimum Gasteiger partial charge on any atom is -0.354 e. The van der Waals surface area contributed by atoms with Crippen LogP contribution >= 0.6 is 0 Å². The highest BCUT2D eigenvalue weighted by atomic mass is 15.4. The van der Waals surface area contributed by atoms with Crippen molar-refractivity contribution in [1.82, 2.24) is 24.5 Å². The maximum Gasteiger partial charge on any atom is 0.226 e. The normalized spacial score (nSPS) is 17.6. The molecule has 0 saturated carbocycles. The molecule has 6 heteroatoms. The Morgan fingerprint density at radius 1 is 1.00 bits per heavy atom. The highest BCUT2D eigenvalue weighted by Gasteiger charge is 2.18. The SMILES string of the molecule is C[C@H]1CCCCN1CCCNc1nc2ccccc2c2nc(-c3ccccc3)nn12. The Kier molecular flexibility index (Phi) is 5.32. The van der Waals surface area contributed by atoms with Gasteiger partial charge in [-0.3, -0.25) is 0 Å². The molecule has 1 N–H and O–H groups in total. The van der Waals surface area contributed by atoms with E-state index < -0.39 is 0 Å². The van der Waals surface area contributed by atoms with Gasteiger partial charge in [-0.15, -0.1) is 5.10 Å². The van der Waals surface area contributed by atoms with Gasteiger partial charge in [0.2, 0.25) is 5.95 Å². The summed E-state index contributed by atoms with van der Waals surface area (Å²) in [5, 5.41) is 9.32. The van der Waals surface area contributed by atoms with Crippen molar-refractivity contribution in [3.8, 4) is 11.4 Å². The Morgan fingerprint density at radius 3 is 2.70 bits per heavy atom. The van der Waals surface area contributed by atoms with Crippen LogP contribution in [-0.2, 0) is 0 Å². The third-order valence-electron chi connectivity index (χ3n) is 6.06. The second-order valence-electron chi connectivity index (χ2n) is 8.15. The van der Waals surface area contributed by atoms with Crippen molar-refractivity contribution < 1.29 is 0 Å². The Bertz CT molecular complexity index is 1140. The van der Waals surface area contributed by atoms with Gasteiger partial charge in [-0.2, -0.15) is 4.52 Å². The molecule has 1 aliphatic rings. The van der Waals surface area contributed by atoms with Crippen molar-refractivity contribution in [3.63, 3.8) is 0 Å². The number of fused-ring (bicyclic) bond motifs is 3. The fraction of sp³-hybridized carbons (Fsp3) is 0.375. The highest BCUT2D eigenvalue weighted by molar-refractivity contribution is 5.92. The number of rotatable bonds is 6. The minimum atomic E-state index is 0.702. The van der Waals surface area contributed by atoms with Crippen LogP contribution in [0.2, 0.25) is 0 Å². The lowest BCUT2D eigenvalue weighted by atomic mass is 10.0. The quantitative estimate of drug-likeness (QED) is 0.479. The van der Waals surface area contributed by atoms with Crippen molar-refractivity contribution in [2.75, 3.05) is 25.0 Å². The Hall–Kier alpha value is -2.99. The van der Waals surface area contributed by atoms with E-state index in [1.807, 2.05) is 53.0 Å². The molecular formula is C24H28N6. The molecule has 5 rings (SSSR count). The van der Waals surface area contributed by atoms with Crippen LogP contribution < -0.4 is 5.32 Å². The van der Waals surface area contributed by atoms with E-state index in [9.17, 15) is 0 Å². The van der Waals surface area contributed by atoms with E-state index in [0.717, 1.165) is 53.4 Å². The first-order valence-electron chi connectivity index (χ1n) is 11.0. The lowest BCUT2D eigenvalue weighted by molar-refractivity contribution is 0.160. The van der Waals surface area contributed by atoms with Crippen molar-refractivity contribution in [1.29, 1.82) is 0 Å². The molecule has 6 nitrogen and oxygen atoms in total. The first kappa shape index (κ1) is 19.0. The van der Waals surface area contributed by atoms with Gasteiger partial charge < -0.3 is 10.2 Å². The van der Waals surface area contributed by atoms with Crippen LogP contribution in [0.1, 0.15) is 32.6 Å². The summed E-state index contributed by atoms with van der Waals surface area (Å²) < 4.78 is 1.86.